The van der Waals surface area contributed by atoms with Gasteiger partial charge in [0.25, 0.3) is 0 Å². The van der Waals surface area contributed by atoms with E-state index in [0.29, 0.717) is 23.1 Å². The lowest BCUT2D eigenvalue weighted by molar-refractivity contribution is -0.140. The molecule has 6 atom stereocenters. The summed E-state index contributed by atoms with van der Waals surface area (Å²) in [7, 11) is 0. The maximum atomic E-state index is 12.9. The first kappa shape index (κ1) is 17.3. The molecule has 3 amide bonds. The van der Waals surface area contributed by atoms with Gasteiger partial charge in [-0.15, -0.1) is 0 Å². The van der Waals surface area contributed by atoms with Crippen LogP contribution in [-0.4, -0.2) is 34.9 Å². The average Bonchev–Trinajstić information content (AvgIpc) is 3.46. The number of likely N-dealkylation sites (tertiary alicyclic amines) is 1. The quantitative estimate of drug-likeness (QED) is 0.484. The highest BCUT2D eigenvalue weighted by Gasteiger charge is 2.66. The molecule has 0 radical (unpaired) electrons. The topological polar surface area (TPSA) is 83.6 Å². The second-order valence-electron chi connectivity index (χ2n) is 8.41. The van der Waals surface area contributed by atoms with Gasteiger partial charge in [-0.1, -0.05) is 12.2 Å². The van der Waals surface area contributed by atoms with Crippen LogP contribution in [0, 0.1) is 35.5 Å². The van der Waals surface area contributed by atoms with Crippen molar-refractivity contribution in [2.45, 2.75) is 19.8 Å². The Kier molecular flexibility index (Phi) is 3.79. The van der Waals surface area contributed by atoms with E-state index in [-0.39, 0.29) is 60.1 Å². The molecule has 1 N–H and O–H groups in total. The zero-order chi connectivity index (χ0) is 19.6. The number of hydrogen-bond donors (Lipinski definition) is 1. The normalized spacial score (nSPS) is 34.2. The first-order chi connectivity index (χ1) is 13.5. The zero-order valence-corrected chi connectivity index (χ0v) is 15.6. The van der Waals surface area contributed by atoms with E-state index in [4.69, 9.17) is 0 Å². The molecule has 4 aliphatic carbocycles. The van der Waals surface area contributed by atoms with E-state index in [1.807, 2.05) is 0 Å². The molecule has 0 aromatic heterocycles. The second kappa shape index (κ2) is 6.12. The van der Waals surface area contributed by atoms with Crippen molar-refractivity contribution in [2.24, 2.45) is 35.5 Å². The summed E-state index contributed by atoms with van der Waals surface area (Å²) in [5.41, 5.74) is 1.17. The number of nitrogens with zero attached hydrogens (tertiary/aromatic N) is 1. The average molecular weight is 378 g/mol. The molecule has 6 heteroatoms. The molecular formula is C22H22N2O4. The van der Waals surface area contributed by atoms with Crippen molar-refractivity contribution in [2.75, 3.05) is 11.9 Å². The molecular weight excluding hydrogens is 356 g/mol. The molecule has 6 nitrogen and oxygen atoms in total. The number of hydrogen-bond acceptors (Lipinski definition) is 4. The van der Waals surface area contributed by atoms with Crippen LogP contribution in [0.15, 0.2) is 36.4 Å². The van der Waals surface area contributed by atoms with Gasteiger partial charge in [-0.2, -0.15) is 0 Å². The fraction of sp³-hybridized carbons (Fsp3) is 0.455. The summed E-state index contributed by atoms with van der Waals surface area (Å²) in [5, 5.41) is 2.76. The van der Waals surface area contributed by atoms with Crippen LogP contribution in [0.4, 0.5) is 5.69 Å². The SMILES string of the molecule is CC(=O)c1ccc(NC(=O)CCN2C(=O)C3C4C=CC(C5CC45)C3C2=O)cc1. The summed E-state index contributed by atoms with van der Waals surface area (Å²) < 4.78 is 0. The Labute approximate surface area is 163 Å². The predicted octanol–water partition coefficient (Wildman–Crippen LogP) is 2.27. The van der Waals surface area contributed by atoms with Gasteiger partial charge in [-0.3, -0.25) is 24.1 Å². The van der Waals surface area contributed by atoms with E-state index < -0.39 is 0 Å². The highest BCUT2D eigenvalue weighted by Crippen LogP contribution is 2.65. The number of amides is 3. The number of nitrogens with one attached hydrogen (secondary N) is 1. The number of carbonyl (C=O) groups excluding carboxylic acids is 4. The molecule has 2 saturated carbocycles. The third kappa shape index (κ3) is 2.54. The fourth-order valence-corrected chi connectivity index (χ4v) is 5.46. The van der Waals surface area contributed by atoms with E-state index in [2.05, 4.69) is 17.5 Å². The molecule has 1 saturated heterocycles. The van der Waals surface area contributed by atoms with Crippen LogP contribution in [0.25, 0.3) is 0 Å². The number of rotatable bonds is 5. The van der Waals surface area contributed by atoms with E-state index >= 15 is 0 Å². The van der Waals surface area contributed by atoms with Crippen molar-refractivity contribution in [1.29, 1.82) is 0 Å². The van der Waals surface area contributed by atoms with Crippen molar-refractivity contribution < 1.29 is 19.2 Å². The van der Waals surface area contributed by atoms with Crippen LogP contribution in [-0.2, 0) is 14.4 Å². The molecule has 0 spiro atoms. The molecule has 28 heavy (non-hydrogen) atoms. The van der Waals surface area contributed by atoms with Crippen molar-refractivity contribution in [3.63, 3.8) is 0 Å². The molecule has 3 fully saturated rings. The summed E-state index contributed by atoms with van der Waals surface area (Å²) in [5.74, 6) is 0.647. The Morgan fingerprint density at radius 2 is 1.57 bits per heavy atom. The Hall–Kier alpha value is -2.76. The lowest BCUT2D eigenvalue weighted by Gasteiger charge is -2.37. The van der Waals surface area contributed by atoms with E-state index in [9.17, 15) is 19.2 Å². The summed E-state index contributed by atoms with van der Waals surface area (Å²) in [4.78, 5) is 50.7. The van der Waals surface area contributed by atoms with Crippen LogP contribution < -0.4 is 5.32 Å². The molecule has 6 rings (SSSR count). The van der Waals surface area contributed by atoms with E-state index in [0.717, 1.165) is 6.42 Å². The Morgan fingerprint density at radius 3 is 2.11 bits per heavy atom. The van der Waals surface area contributed by atoms with Gasteiger partial charge in [0, 0.05) is 24.2 Å². The van der Waals surface area contributed by atoms with Gasteiger partial charge in [0.1, 0.15) is 0 Å². The molecule has 1 aromatic rings. The Bertz CT molecular complexity index is 883. The van der Waals surface area contributed by atoms with Crippen molar-refractivity contribution in [1.82, 2.24) is 4.90 Å². The van der Waals surface area contributed by atoms with Crippen molar-refractivity contribution in [3.8, 4) is 0 Å². The molecule has 1 aliphatic heterocycles. The summed E-state index contributed by atoms with van der Waals surface area (Å²) in [6, 6.07) is 6.66. The van der Waals surface area contributed by atoms with E-state index in [1.165, 1.54) is 11.8 Å². The highest BCUT2D eigenvalue weighted by atomic mass is 16.2. The molecule has 144 valence electrons. The molecule has 2 bridgehead atoms. The van der Waals surface area contributed by atoms with Gasteiger partial charge in [0.05, 0.1) is 11.8 Å². The van der Waals surface area contributed by atoms with Gasteiger partial charge in [-0.25, -0.2) is 0 Å². The number of benzene rings is 1. The first-order valence-corrected chi connectivity index (χ1v) is 9.90. The number of imide groups is 1. The maximum Gasteiger partial charge on any atom is 0.233 e. The van der Waals surface area contributed by atoms with Gasteiger partial charge < -0.3 is 5.32 Å². The van der Waals surface area contributed by atoms with Crippen LogP contribution >= 0.6 is 0 Å². The van der Waals surface area contributed by atoms with Crippen LogP contribution in [0.3, 0.4) is 0 Å². The molecule has 1 aromatic carbocycles. The monoisotopic (exact) mass is 378 g/mol. The van der Waals surface area contributed by atoms with E-state index in [1.54, 1.807) is 24.3 Å². The number of anilines is 1. The Morgan fingerprint density at radius 1 is 1.00 bits per heavy atom. The van der Waals surface area contributed by atoms with Gasteiger partial charge in [0.2, 0.25) is 17.7 Å². The van der Waals surface area contributed by atoms with Crippen molar-refractivity contribution in [3.05, 3.63) is 42.0 Å². The number of allylic oxidation sites excluding steroid dienone is 2. The third-order valence-corrected chi connectivity index (χ3v) is 6.89. The lowest BCUT2D eigenvalue weighted by atomic mass is 9.63. The zero-order valence-electron chi connectivity index (χ0n) is 15.6. The predicted molar refractivity (Wildman–Crippen MR) is 101 cm³/mol. The minimum Gasteiger partial charge on any atom is -0.326 e. The van der Waals surface area contributed by atoms with Crippen LogP contribution in [0.5, 0.6) is 0 Å². The van der Waals surface area contributed by atoms with Gasteiger partial charge in [-0.05, 0) is 61.3 Å². The molecule has 1 heterocycles. The number of carbonyl (C=O) groups is 4. The molecule has 6 unspecified atom stereocenters. The number of ketones is 1. The van der Waals surface area contributed by atoms with Crippen molar-refractivity contribution >= 4 is 29.2 Å². The Balaban J connectivity index is 1.21. The second-order valence-corrected chi connectivity index (χ2v) is 8.41. The molecule has 5 aliphatic rings. The highest BCUT2D eigenvalue weighted by molar-refractivity contribution is 6.06. The van der Waals surface area contributed by atoms with Gasteiger partial charge >= 0.3 is 0 Å². The van der Waals surface area contributed by atoms with Crippen LogP contribution in [0.1, 0.15) is 30.1 Å². The lowest BCUT2D eigenvalue weighted by Crippen LogP contribution is -2.40. The van der Waals surface area contributed by atoms with Gasteiger partial charge in [0.15, 0.2) is 5.78 Å². The summed E-state index contributed by atoms with van der Waals surface area (Å²) in [6.07, 6.45) is 5.50. The summed E-state index contributed by atoms with van der Waals surface area (Å²) in [6.45, 7) is 1.61. The minimum atomic E-state index is -0.255. The van der Waals surface area contributed by atoms with Crippen LogP contribution in [0.2, 0.25) is 0 Å². The minimum absolute atomic E-state index is 0.0357. The summed E-state index contributed by atoms with van der Waals surface area (Å²) >= 11 is 0. The number of Topliss-reactive ketones (excluding diaryl/α,β-unsaturated/α-hetero) is 1. The third-order valence-electron chi connectivity index (χ3n) is 6.89. The largest absolute Gasteiger partial charge is 0.326 e. The smallest absolute Gasteiger partial charge is 0.233 e. The first-order valence-electron chi connectivity index (χ1n) is 9.90. The standard InChI is InChI=1S/C22H22N2O4/c1-11(25)12-2-4-13(5-3-12)23-18(26)8-9-24-21(27)19-14-6-7-15(17-10-16(14)17)20(19)22(24)28/h2-7,14-17,19-20H,8-10H2,1H3,(H,23,26). The fourth-order valence-electron chi connectivity index (χ4n) is 5.46. The maximum absolute atomic E-state index is 12.9.